The van der Waals surface area contributed by atoms with Gasteiger partial charge in [-0.2, -0.15) is 5.26 Å². The second-order valence-electron chi connectivity index (χ2n) is 6.99. The number of carbonyl (C=O) groups is 3. The summed E-state index contributed by atoms with van der Waals surface area (Å²) < 4.78 is 0. The first kappa shape index (κ1) is 23.5. The highest BCUT2D eigenvalue weighted by Gasteiger charge is 2.40. The lowest BCUT2D eigenvalue weighted by molar-refractivity contribution is -0.131. The summed E-state index contributed by atoms with van der Waals surface area (Å²) in [4.78, 5) is 37.8. The van der Waals surface area contributed by atoms with Gasteiger partial charge in [-0.05, 0) is 38.5 Å². The Morgan fingerprint density at radius 1 is 1.30 bits per heavy atom. The van der Waals surface area contributed by atoms with Gasteiger partial charge in [0.25, 0.3) is 0 Å². The van der Waals surface area contributed by atoms with E-state index < -0.39 is 5.92 Å². The lowest BCUT2D eigenvalue weighted by Gasteiger charge is -2.23. The monoisotopic (exact) mass is 431 g/mol. The molecule has 30 heavy (non-hydrogen) atoms. The van der Waals surface area contributed by atoms with E-state index in [-0.39, 0.29) is 28.3 Å². The summed E-state index contributed by atoms with van der Waals surface area (Å²) in [5.41, 5.74) is 1.57. The SMILES string of the molecule is CCNC(=O)C(C#N)CC1SC(CCNc2cccc(NC(C)=O)c2)C(=O)N1CC. The van der Waals surface area contributed by atoms with Crippen LogP contribution in [-0.4, -0.2) is 52.9 Å². The summed E-state index contributed by atoms with van der Waals surface area (Å²) in [6, 6.07) is 9.47. The van der Waals surface area contributed by atoms with Crippen LogP contribution in [0.15, 0.2) is 24.3 Å². The Labute approximate surface area is 181 Å². The zero-order valence-electron chi connectivity index (χ0n) is 17.6. The second-order valence-corrected chi connectivity index (χ2v) is 8.38. The van der Waals surface area contributed by atoms with Gasteiger partial charge in [-0.15, -0.1) is 11.8 Å². The molecule has 1 heterocycles. The van der Waals surface area contributed by atoms with Crippen LogP contribution in [0.4, 0.5) is 11.4 Å². The van der Waals surface area contributed by atoms with Gasteiger partial charge in [0.05, 0.1) is 16.7 Å². The lowest BCUT2D eigenvalue weighted by atomic mass is 10.1. The molecule has 162 valence electrons. The van der Waals surface area contributed by atoms with Gasteiger partial charge in [0, 0.05) is 44.4 Å². The normalized spacial score (nSPS) is 19.1. The highest BCUT2D eigenvalue weighted by atomic mass is 32.2. The van der Waals surface area contributed by atoms with Crippen molar-refractivity contribution in [1.29, 1.82) is 5.26 Å². The van der Waals surface area contributed by atoms with E-state index in [4.69, 9.17) is 0 Å². The molecule has 0 aliphatic carbocycles. The summed E-state index contributed by atoms with van der Waals surface area (Å²) in [6.45, 7) is 6.80. The van der Waals surface area contributed by atoms with Gasteiger partial charge in [0.15, 0.2) is 0 Å². The van der Waals surface area contributed by atoms with Crippen molar-refractivity contribution in [3.8, 4) is 6.07 Å². The molecule has 1 aromatic rings. The van der Waals surface area contributed by atoms with E-state index in [1.165, 1.54) is 18.7 Å². The van der Waals surface area contributed by atoms with E-state index in [0.717, 1.165) is 5.69 Å². The molecular weight excluding hydrogens is 402 g/mol. The zero-order valence-corrected chi connectivity index (χ0v) is 18.4. The Hall–Kier alpha value is -2.73. The number of anilines is 2. The average molecular weight is 432 g/mol. The molecule has 2 rings (SSSR count). The van der Waals surface area contributed by atoms with E-state index in [1.807, 2.05) is 38.1 Å². The second kappa shape index (κ2) is 11.5. The lowest BCUT2D eigenvalue weighted by Crippen LogP contribution is -2.38. The highest BCUT2D eigenvalue weighted by molar-refractivity contribution is 8.01. The van der Waals surface area contributed by atoms with Crippen LogP contribution in [0, 0.1) is 17.2 Å². The number of hydrogen-bond donors (Lipinski definition) is 3. The summed E-state index contributed by atoms with van der Waals surface area (Å²) in [6.07, 6.45) is 0.953. The van der Waals surface area contributed by atoms with Crippen molar-refractivity contribution in [1.82, 2.24) is 10.2 Å². The van der Waals surface area contributed by atoms with E-state index in [9.17, 15) is 19.6 Å². The van der Waals surface area contributed by atoms with E-state index >= 15 is 0 Å². The van der Waals surface area contributed by atoms with Crippen LogP contribution in [0.3, 0.4) is 0 Å². The number of thioether (sulfide) groups is 1. The van der Waals surface area contributed by atoms with E-state index in [1.54, 1.807) is 4.90 Å². The first-order chi connectivity index (χ1) is 14.4. The Balaban J connectivity index is 1.92. The van der Waals surface area contributed by atoms with Crippen molar-refractivity contribution in [2.24, 2.45) is 5.92 Å². The van der Waals surface area contributed by atoms with Crippen molar-refractivity contribution >= 4 is 40.9 Å². The van der Waals surface area contributed by atoms with Crippen molar-refractivity contribution in [2.75, 3.05) is 30.3 Å². The third kappa shape index (κ3) is 6.39. The number of benzene rings is 1. The van der Waals surface area contributed by atoms with Gasteiger partial charge >= 0.3 is 0 Å². The van der Waals surface area contributed by atoms with Crippen LogP contribution in [-0.2, 0) is 14.4 Å². The van der Waals surface area contributed by atoms with Gasteiger partial charge in [0.1, 0.15) is 5.92 Å². The van der Waals surface area contributed by atoms with Crippen LogP contribution in [0.1, 0.15) is 33.6 Å². The molecule has 0 spiro atoms. The van der Waals surface area contributed by atoms with Gasteiger partial charge in [0.2, 0.25) is 17.7 Å². The quantitative estimate of drug-likeness (QED) is 0.524. The van der Waals surface area contributed by atoms with Crippen LogP contribution < -0.4 is 16.0 Å². The zero-order chi connectivity index (χ0) is 22.1. The number of rotatable bonds is 10. The Morgan fingerprint density at radius 3 is 2.67 bits per heavy atom. The van der Waals surface area contributed by atoms with Crippen LogP contribution in [0.2, 0.25) is 0 Å². The van der Waals surface area contributed by atoms with Crippen LogP contribution in [0.5, 0.6) is 0 Å². The molecule has 1 fully saturated rings. The molecule has 3 atom stereocenters. The minimum atomic E-state index is -0.766. The highest BCUT2D eigenvalue weighted by Crippen LogP contribution is 2.36. The van der Waals surface area contributed by atoms with Crippen LogP contribution in [0.25, 0.3) is 0 Å². The average Bonchev–Trinajstić information content (AvgIpc) is 3.00. The topological polar surface area (TPSA) is 114 Å². The minimum absolute atomic E-state index is 0.0499. The third-order valence-corrected chi connectivity index (χ3v) is 6.27. The molecule has 1 aliphatic heterocycles. The molecule has 9 heteroatoms. The summed E-state index contributed by atoms with van der Waals surface area (Å²) in [7, 11) is 0. The number of carbonyl (C=O) groups excluding carboxylic acids is 3. The predicted molar refractivity (Wildman–Crippen MR) is 119 cm³/mol. The largest absolute Gasteiger partial charge is 0.385 e. The molecule has 3 unspecified atom stereocenters. The van der Waals surface area contributed by atoms with Crippen molar-refractivity contribution in [3.63, 3.8) is 0 Å². The standard InChI is InChI=1S/C21H29N5O3S/c1-4-23-20(28)15(13-22)11-19-26(5-2)21(29)18(30-19)9-10-24-16-7-6-8-17(12-16)25-14(3)27/h6-8,12,15,18-19,24H,4-5,9-11H2,1-3H3,(H,23,28)(H,25,27). The summed E-state index contributed by atoms with van der Waals surface area (Å²) in [5.74, 6) is -1.13. The Kier molecular flexibility index (Phi) is 8.99. The first-order valence-electron chi connectivity index (χ1n) is 10.1. The fourth-order valence-electron chi connectivity index (χ4n) is 3.36. The maximum Gasteiger partial charge on any atom is 0.237 e. The van der Waals surface area contributed by atoms with Crippen LogP contribution >= 0.6 is 11.8 Å². The van der Waals surface area contributed by atoms with Gasteiger partial charge < -0.3 is 20.9 Å². The fourth-order valence-corrected chi connectivity index (χ4v) is 4.95. The molecule has 0 bridgehead atoms. The Bertz CT molecular complexity index is 810. The minimum Gasteiger partial charge on any atom is -0.385 e. The molecular formula is C21H29N5O3S. The maximum absolute atomic E-state index is 12.8. The molecule has 3 N–H and O–H groups in total. The van der Waals surface area contributed by atoms with Gasteiger partial charge in [-0.3, -0.25) is 14.4 Å². The molecule has 0 saturated carbocycles. The number of nitrogens with one attached hydrogen (secondary N) is 3. The fraction of sp³-hybridized carbons (Fsp3) is 0.524. The van der Waals surface area contributed by atoms with E-state index in [2.05, 4.69) is 22.0 Å². The molecule has 1 aliphatic rings. The molecule has 8 nitrogen and oxygen atoms in total. The molecule has 0 aromatic heterocycles. The third-order valence-electron chi connectivity index (χ3n) is 4.75. The van der Waals surface area contributed by atoms with Gasteiger partial charge in [-0.1, -0.05) is 6.07 Å². The smallest absolute Gasteiger partial charge is 0.237 e. The van der Waals surface area contributed by atoms with Crippen molar-refractivity contribution < 1.29 is 14.4 Å². The first-order valence-corrected chi connectivity index (χ1v) is 11.1. The molecule has 0 radical (unpaired) electrons. The molecule has 1 saturated heterocycles. The van der Waals surface area contributed by atoms with Crippen molar-refractivity contribution in [3.05, 3.63) is 24.3 Å². The summed E-state index contributed by atoms with van der Waals surface area (Å²) in [5, 5.41) is 17.7. The van der Waals surface area contributed by atoms with E-state index in [0.29, 0.717) is 38.2 Å². The van der Waals surface area contributed by atoms with Gasteiger partial charge in [-0.25, -0.2) is 0 Å². The number of nitriles is 1. The molecule has 1 aromatic carbocycles. The molecule has 3 amide bonds. The van der Waals surface area contributed by atoms with Crippen molar-refractivity contribution in [2.45, 2.75) is 44.2 Å². The predicted octanol–water partition coefficient (Wildman–Crippen LogP) is 2.40. The number of hydrogen-bond acceptors (Lipinski definition) is 6. The Morgan fingerprint density at radius 2 is 2.03 bits per heavy atom. The maximum atomic E-state index is 12.8. The summed E-state index contributed by atoms with van der Waals surface area (Å²) >= 11 is 1.53. The number of amides is 3. The number of nitrogens with zero attached hydrogens (tertiary/aromatic N) is 2.